The lowest BCUT2D eigenvalue weighted by atomic mass is 9.99. The quantitative estimate of drug-likeness (QED) is 0.236. The van der Waals surface area contributed by atoms with Crippen LogP contribution >= 0.6 is 0 Å². The molecule has 1 fully saturated rings. The average molecular weight is 587 g/mol. The summed E-state index contributed by atoms with van der Waals surface area (Å²) in [6, 6.07) is 12.1. The highest BCUT2D eigenvalue weighted by Crippen LogP contribution is 2.37. The first-order valence-corrected chi connectivity index (χ1v) is 13.4. The van der Waals surface area contributed by atoms with Crippen molar-refractivity contribution in [2.45, 2.75) is 31.2 Å². The molecule has 42 heavy (non-hydrogen) atoms. The van der Waals surface area contributed by atoms with E-state index < -0.39 is 41.0 Å². The van der Waals surface area contributed by atoms with E-state index in [1.54, 1.807) is 12.4 Å². The maximum Gasteiger partial charge on any atom is 0.416 e. The maximum absolute atomic E-state index is 13.6. The molecular weight excluding hydrogens is 558 g/mol. The van der Waals surface area contributed by atoms with Crippen molar-refractivity contribution in [1.82, 2.24) is 19.8 Å². The zero-order chi connectivity index (χ0) is 29.9. The van der Waals surface area contributed by atoms with Crippen molar-refractivity contribution in [2.24, 2.45) is 0 Å². The Hall–Kier alpha value is -4.12. The molecule has 4 aromatic rings. The largest absolute Gasteiger partial charge is 0.416 e. The summed E-state index contributed by atoms with van der Waals surface area (Å²) >= 11 is 0. The van der Waals surface area contributed by atoms with Crippen molar-refractivity contribution in [2.75, 3.05) is 26.2 Å². The highest BCUT2D eigenvalue weighted by molar-refractivity contribution is 5.95. The van der Waals surface area contributed by atoms with Crippen molar-refractivity contribution in [3.05, 3.63) is 107 Å². The third-order valence-corrected chi connectivity index (χ3v) is 7.44. The van der Waals surface area contributed by atoms with E-state index in [-0.39, 0.29) is 12.6 Å². The summed E-state index contributed by atoms with van der Waals surface area (Å²) < 4.78 is 81.0. The number of carbonyl (C=O) groups excluding carboxylic acids is 1. The van der Waals surface area contributed by atoms with Gasteiger partial charge in [-0.2, -0.15) is 26.3 Å². The number of halogens is 6. The van der Waals surface area contributed by atoms with E-state index in [1.807, 2.05) is 54.7 Å². The van der Waals surface area contributed by atoms with E-state index in [9.17, 15) is 31.1 Å². The van der Waals surface area contributed by atoms with Crippen molar-refractivity contribution < 1.29 is 31.1 Å². The second kappa shape index (κ2) is 12.0. The van der Waals surface area contributed by atoms with Crippen LogP contribution in [-0.4, -0.2) is 57.9 Å². The lowest BCUT2D eigenvalue weighted by Gasteiger charge is -2.41. The third kappa shape index (κ3) is 6.84. The lowest BCUT2D eigenvalue weighted by molar-refractivity contribution is -0.143. The van der Waals surface area contributed by atoms with Crippen molar-refractivity contribution in [3.63, 3.8) is 0 Å². The number of alkyl halides is 6. The van der Waals surface area contributed by atoms with E-state index in [0.717, 1.165) is 22.0 Å². The van der Waals surface area contributed by atoms with Crippen LogP contribution in [0.4, 0.5) is 26.3 Å². The topological polar surface area (TPSA) is 52.2 Å². The van der Waals surface area contributed by atoms with Crippen molar-refractivity contribution in [1.29, 1.82) is 0 Å². The molecule has 0 aliphatic carbocycles. The van der Waals surface area contributed by atoms with E-state index in [1.165, 1.54) is 4.90 Å². The molecular formula is C31H28F6N4O. The normalized spacial score (nSPS) is 16.9. The van der Waals surface area contributed by atoms with Gasteiger partial charge in [-0.3, -0.25) is 14.7 Å². The molecule has 0 saturated carbocycles. The Kier molecular flexibility index (Phi) is 8.40. The number of benzene rings is 2. The number of rotatable bonds is 7. The summed E-state index contributed by atoms with van der Waals surface area (Å²) in [5.41, 5.74) is -0.739. The van der Waals surface area contributed by atoms with Gasteiger partial charge < -0.3 is 9.88 Å². The molecule has 2 aromatic carbocycles. The van der Waals surface area contributed by atoms with E-state index >= 15 is 0 Å². The number of hydrogen-bond donors (Lipinski definition) is 1. The van der Waals surface area contributed by atoms with Gasteiger partial charge in [-0.05, 0) is 54.3 Å². The average Bonchev–Trinajstić information content (AvgIpc) is 3.38. The van der Waals surface area contributed by atoms with Gasteiger partial charge >= 0.3 is 12.4 Å². The number of nitrogens with one attached hydrogen (secondary N) is 1. The molecule has 2 aromatic heterocycles. The predicted octanol–water partition coefficient (Wildman–Crippen LogP) is 7.07. The molecule has 1 amide bonds. The molecule has 1 unspecified atom stereocenters. The van der Waals surface area contributed by atoms with Gasteiger partial charge in [0, 0.05) is 67.3 Å². The monoisotopic (exact) mass is 586 g/mol. The fraction of sp³-hybridized carbons (Fsp3) is 0.290. The fourth-order valence-corrected chi connectivity index (χ4v) is 5.32. The van der Waals surface area contributed by atoms with E-state index in [2.05, 4.69) is 14.9 Å². The van der Waals surface area contributed by atoms with Gasteiger partial charge in [-0.25, -0.2) is 0 Å². The van der Waals surface area contributed by atoms with Crippen LogP contribution in [0.3, 0.4) is 0 Å². The molecule has 1 atom stereocenters. The van der Waals surface area contributed by atoms with Gasteiger partial charge in [-0.15, -0.1) is 0 Å². The third-order valence-electron chi connectivity index (χ3n) is 7.44. The van der Waals surface area contributed by atoms with Gasteiger partial charge in [0.25, 0.3) is 5.91 Å². The van der Waals surface area contributed by atoms with Crippen molar-refractivity contribution >= 4 is 22.9 Å². The van der Waals surface area contributed by atoms with E-state index in [0.29, 0.717) is 44.6 Å². The van der Waals surface area contributed by atoms with Gasteiger partial charge in [0.2, 0.25) is 0 Å². The molecule has 1 N–H and O–H groups in total. The Balaban J connectivity index is 1.40. The highest BCUT2D eigenvalue weighted by atomic mass is 19.4. The Morgan fingerprint density at radius 1 is 0.976 bits per heavy atom. The first-order valence-electron chi connectivity index (χ1n) is 13.4. The number of fused-ring (bicyclic) bond motifs is 1. The van der Waals surface area contributed by atoms with Gasteiger partial charge in [0.05, 0.1) is 11.1 Å². The van der Waals surface area contributed by atoms with Crippen LogP contribution in [0.1, 0.15) is 39.0 Å². The Bertz CT molecular complexity index is 1530. The molecule has 0 spiro atoms. The number of amides is 1. The Labute approximate surface area is 238 Å². The second-order valence-corrected chi connectivity index (χ2v) is 10.3. The molecule has 220 valence electrons. The number of hydrogen-bond acceptors (Lipinski definition) is 3. The van der Waals surface area contributed by atoms with Gasteiger partial charge in [0.1, 0.15) is 0 Å². The number of H-pyrrole nitrogens is 1. The summed E-state index contributed by atoms with van der Waals surface area (Å²) in [5, 5.41) is 1.02. The van der Waals surface area contributed by atoms with Crippen LogP contribution in [0, 0.1) is 0 Å². The first kappa shape index (κ1) is 29.4. The van der Waals surface area contributed by atoms with Crippen LogP contribution < -0.4 is 0 Å². The predicted molar refractivity (Wildman–Crippen MR) is 148 cm³/mol. The van der Waals surface area contributed by atoms with E-state index in [4.69, 9.17) is 0 Å². The smallest absolute Gasteiger partial charge is 0.361 e. The number of aromatic amines is 1. The van der Waals surface area contributed by atoms with Gasteiger partial charge in [-0.1, -0.05) is 36.4 Å². The number of pyridine rings is 1. The molecule has 1 aliphatic rings. The molecule has 5 rings (SSSR count). The second-order valence-electron chi connectivity index (χ2n) is 10.3. The molecule has 11 heteroatoms. The summed E-state index contributed by atoms with van der Waals surface area (Å²) in [4.78, 5) is 24.4. The zero-order valence-electron chi connectivity index (χ0n) is 22.4. The minimum Gasteiger partial charge on any atom is -0.361 e. The molecule has 5 nitrogen and oxygen atoms in total. The summed E-state index contributed by atoms with van der Waals surface area (Å²) in [5.74, 6) is -0.846. The Morgan fingerprint density at radius 3 is 2.40 bits per heavy atom. The number of para-hydroxylation sites is 1. The van der Waals surface area contributed by atoms with Crippen LogP contribution in [0.2, 0.25) is 0 Å². The summed E-state index contributed by atoms with van der Waals surface area (Å²) in [7, 11) is 0. The minimum atomic E-state index is -5.04. The standard InChI is InChI=1S/C31H28F6N4O/c32-30(33,34)24-15-23(16-25(17-24)31(35,36)37)29(42)41-14-13-40(12-4-6-21-5-3-11-38-18-21)20-26(41)10-9-22-19-39-28-8-2-1-7-27(22)28/h1-8,11,15-19,26,39H,9-10,12-14,20H2. The number of carbonyl (C=O) groups is 1. The van der Waals surface area contributed by atoms with Gasteiger partial charge in [0.15, 0.2) is 0 Å². The SMILES string of the molecule is O=C(c1cc(C(F)(F)F)cc(C(F)(F)F)c1)N1CCN(CC=Cc2cccnc2)CC1CCc1c[nH]c2ccccc12. The number of aromatic nitrogens is 2. The molecule has 1 aliphatic heterocycles. The Morgan fingerprint density at radius 2 is 1.71 bits per heavy atom. The summed E-state index contributed by atoms with van der Waals surface area (Å²) in [6.45, 7) is 1.55. The number of nitrogens with zero attached hydrogens (tertiary/aromatic N) is 3. The molecule has 0 bridgehead atoms. The number of piperazine rings is 1. The minimum absolute atomic E-state index is 0.0395. The fourth-order valence-electron chi connectivity index (χ4n) is 5.32. The van der Waals surface area contributed by atoms with Crippen LogP contribution in [0.15, 0.2) is 79.3 Å². The first-order chi connectivity index (χ1) is 20.0. The molecule has 1 saturated heterocycles. The van der Waals surface area contributed by atoms with Crippen LogP contribution in [0.5, 0.6) is 0 Å². The zero-order valence-corrected chi connectivity index (χ0v) is 22.4. The number of aryl methyl sites for hydroxylation is 1. The molecule has 0 radical (unpaired) electrons. The highest BCUT2D eigenvalue weighted by Gasteiger charge is 2.39. The van der Waals surface area contributed by atoms with Crippen LogP contribution in [-0.2, 0) is 18.8 Å². The lowest BCUT2D eigenvalue weighted by Crippen LogP contribution is -2.55. The summed E-state index contributed by atoms with van der Waals surface area (Å²) in [6.07, 6.45) is 0.135. The molecule has 3 heterocycles. The maximum atomic E-state index is 13.6. The van der Waals surface area contributed by atoms with Crippen LogP contribution in [0.25, 0.3) is 17.0 Å². The van der Waals surface area contributed by atoms with Crippen molar-refractivity contribution in [3.8, 4) is 0 Å².